The van der Waals surface area contributed by atoms with Gasteiger partial charge in [-0.3, -0.25) is 14.5 Å². The number of nitrogens with two attached hydrogens (primary N) is 1. The molecule has 0 aliphatic carbocycles. The minimum atomic E-state index is -4.98. The number of morpholine rings is 1. The Morgan fingerprint density at radius 2 is 1.70 bits per heavy atom. The van der Waals surface area contributed by atoms with Crippen LogP contribution in [0.25, 0.3) is 11.1 Å². The standard InChI is InChI=1S/C25H24F3N5O4/c26-25(27,28)37-21-7-3-17(13-20(21)32-23(34)15-33-9-11-36-12-10-33)24(35)31-19-5-1-16(2-6-19)18-4-8-22(29)30-14-18/h1-8,13-14H,9-12,15H2,(H2,29,30)(H,31,35)(H,32,34). The SMILES string of the molecule is Nc1ccc(-c2ccc(NC(=O)c3ccc(OC(F)(F)F)c(NC(=O)CN4CCOCC4)c3)cc2)cn1. The van der Waals surface area contributed by atoms with Gasteiger partial charge in [-0.1, -0.05) is 12.1 Å². The number of benzene rings is 2. The second-order valence-corrected chi connectivity index (χ2v) is 8.20. The van der Waals surface area contributed by atoms with Gasteiger partial charge in [0, 0.05) is 36.1 Å². The van der Waals surface area contributed by atoms with Crippen LogP contribution in [-0.4, -0.2) is 60.9 Å². The lowest BCUT2D eigenvalue weighted by atomic mass is 10.1. The van der Waals surface area contributed by atoms with E-state index in [0.29, 0.717) is 37.8 Å². The molecule has 194 valence electrons. The van der Waals surface area contributed by atoms with Crippen molar-refractivity contribution in [1.82, 2.24) is 9.88 Å². The number of hydrogen-bond donors (Lipinski definition) is 3. The van der Waals surface area contributed by atoms with Gasteiger partial charge >= 0.3 is 6.36 Å². The number of halogens is 3. The molecule has 0 unspecified atom stereocenters. The van der Waals surface area contributed by atoms with Crippen LogP contribution in [0.3, 0.4) is 0 Å². The molecule has 0 bridgehead atoms. The van der Waals surface area contributed by atoms with Gasteiger partial charge in [-0.05, 0) is 48.0 Å². The second-order valence-electron chi connectivity index (χ2n) is 8.20. The van der Waals surface area contributed by atoms with Crippen molar-refractivity contribution in [2.45, 2.75) is 6.36 Å². The summed E-state index contributed by atoms with van der Waals surface area (Å²) in [4.78, 5) is 31.2. The lowest BCUT2D eigenvalue weighted by molar-refractivity contribution is -0.274. The van der Waals surface area contributed by atoms with Crippen LogP contribution < -0.4 is 21.1 Å². The summed E-state index contributed by atoms with van der Waals surface area (Å²) in [6, 6.07) is 13.7. The van der Waals surface area contributed by atoms with Crippen molar-refractivity contribution in [2.24, 2.45) is 0 Å². The molecule has 37 heavy (non-hydrogen) atoms. The number of ether oxygens (including phenoxy) is 2. The van der Waals surface area contributed by atoms with Crippen LogP contribution in [-0.2, 0) is 9.53 Å². The maximum Gasteiger partial charge on any atom is 0.573 e. The smallest absolute Gasteiger partial charge is 0.404 e. The van der Waals surface area contributed by atoms with E-state index in [4.69, 9.17) is 10.5 Å². The van der Waals surface area contributed by atoms with E-state index in [0.717, 1.165) is 23.3 Å². The monoisotopic (exact) mass is 515 g/mol. The summed E-state index contributed by atoms with van der Waals surface area (Å²) >= 11 is 0. The molecule has 2 amide bonds. The number of carbonyl (C=O) groups is 2. The zero-order chi connectivity index (χ0) is 26.4. The quantitative estimate of drug-likeness (QED) is 0.439. The van der Waals surface area contributed by atoms with E-state index in [9.17, 15) is 22.8 Å². The molecule has 2 aromatic carbocycles. The lowest BCUT2D eigenvalue weighted by Gasteiger charge is -2.26. The molecule has 2 heterocycles. The van der Waals surface area contributed by atoms with E-state index in [2.05, 4.69) is 20.4 Å². The summed E-state index contributed by atoms with van der Waals surface area (Å²) in [7, 11) is 0. The van der Waals surface area contributed by atoms with Crippen LogP contribution >= 0.6 is 0 Å². The van der Waals surface area contributed by atoms with Gasteiger partial charge in [0.05, 0.1) is 25.4 Å². The fraction of sp³-hybridized carbons (Fsp3) is 0.240. The molecular weight excluding hydrogens is 491 g/mol. The molecule has 1 fully saturated rings. The van der Waals surface area contributed by atoms with Crippen molar-refractivity contribution < 1.29 is 32.2 Å². The van der Waals surface area contributed by atoms with Crippen LogP contribution in [0, 0.1) is 0 Å². The average molecular weight is 515 g/mol. The summed E-state index contributed by atoms with van der Waals surface area (Å²) in [5, 5.41) is 5.12. The fourth-order valence-corrected chi connectivity index (χ4v) is 3.66. The van der Waals surface area contributed by atoms with Gasteiger partial charge in [0.25, 0.3) is 5.91 Å². The molecule has 9 nitrogen and oxygen atoms in total. The Hall–Kier alpha value is -4.16. The zero-order valence-corrected chi connectivity index (χ0v) is 19.5. The van der Waals surface area contributed by atoms with Crippen molar-refractivity contribution in [3.63, 3.8) is 0 Å². The Kier molecular flexibility index (Phi) is 7.89. The topological polar surface area (TPSA) is 119 Å². The van der Waals surface area contributed by atoms with Gasteiger partial charge in [-0.15, -0.1) is 13.2 Å². The normalized spacial score (nSPS) is 14.1. The molecule has 0 spiro atoms. The third kappa shape index (κ3) is 7.41. The van der Waals surface area contributed by atoms with Crippen LogP contribution in [0.5, 0.6) is 5.75 Å². The molecule has 4 rings (SSSR count). The molecule has 1 aliphatic heterocycles. The number of nitrogens with one attached hydrogen (secondary N) is 2. The van der Waals surface area contributed by atoms with E-state index in [1.54, 1.807) is 36.5 Å². The van der Waals surface area contributed by atoms with Gasteiger partial charge < -0.3 is 25.8 Å². The fourth-order valence-electron chi connectivity index (χ4n) is 3.66. The highest BCUT2D eigenvalue weighted by Crippen LogP contribution is 2.32. The van der Waals surface area contributed by atoms with Crippen molar-refractivity contribution in [1.29, 1.82) is 0 Å². The summed E-state index contributed by atoms with van der Waals surface area (Å²) in [6.45, 7) is 1.93. The highest BCUT2D eigenvalue weighted by atomic mass is 19.4. The number of pyridine rings is 1. The van der Waals surface area contributed by atoms with E-state index in [-0.39, 0.29) is 17.8 Å². The van der Waals surface area contributed by atoms with Gasteiger partial charge in [0.15, 0.2) is 5.75 Å². The Morgan fingerprint density at radius 1 is 1.00 bits per heavy atom. The summed E-state index contributed by atoms with van der Waals surface area (Å²) in [5.74, 6) is -1.35. The maximum atomic E-state index is 12.9. The first-order chi connectivity index (χ1) is 17.7. The Labute approximate surface area is 210 Å². The molecular formula is C25H24F3N5O4. The van der Waals surface area contributed by atoms with E-state index in [1.165, 1.54) is 6.07 Å². The van der Waals surface area contributed by atoms with Gasteiger partial charge in [-0.2, -0.15) is 0 Å². The van der Waals surface area contributed by atoms with Crippen molar-refractivity contribution in [3.05, 3.63) is 66.4 Å². The molecule has 1 aromatic heterocycles. The molecule has 4 N–H and O–H groups in total. The van der Waals surface area contributed by atoms with E-state index in [1.807, 2.05) is 11.0 Å². The van der Waals surface area contributed by atoms with Crippen LogP contribution in [0.1, 0.15) is 10.4 Å². The molecule has 0 atom stereocenters. The third-order valence-corrected chi connectivity index (χ3v) is 5.47. The van der Waals surface area contributed by atoms with E-state index >= 15 is 0 Å². The van der Waals surface area contributed by atoms with Crippen molar-refractivity contribution in [3.8, 4) is 16.9 Å². The predicted molar refractivity (Wildman–Crippen MR) is 131 cm³/mol. The number of carbonyl (C=O) groups excluding carboxylic acids is 2. The average Bonchev–Trinajstić information content (AvgIpc) is 2.86. The summed E-state index contributed by atoms with van der Waals surface area (Å²) in [6.07, 6.45) is -3.35. The number of nitrogens with zero attached hydrogens (tertiary/aromatic N) is 2. The van der Waals surface area contributed by atoms with Crippen LogP contribution in [0.4, 0.5) is 30.4 Å². The van der Waals surface area contributed by atoms with Crippen molar-refractivity contribution >= 4 is 29.0 Å². The van der Waals surface area contributed by atoms with Crippen LogP contribution in [0.2, 0.25) is 0 Å². The van der Waals surface area contributed by atoms with Gasteiger partial charge in [0.2, 0.25) is 5.91 Å². The number of hydrogen-bond acceptors (Lipinski definition) is 7. The minimum absolute atomic E-state index is 0.0306. The second kappa shape index (κ2) is 11.3. The van der Waals surface area contributed by atoms with Gasteiger partial charge in [-0.25, -0.2) is 4.98 Å². The summed E-state index contributed by atoms with van der Waals surface area (Å²) < 4.78 is 48.0. The Morgan fingerprint density at radius 3 is 2.35 bits per heavy atom. The highest BCUT2D eigenvalue weighted by Gasteiger charge is 2.32. The van der Waals surface area contributed by atoms with Gasteiger partial charge in [0.1, 0.15) is 5.82 Å². The van der Waals surface area contributed by atoms with Crippen LogP contribution in [0.15, 0.2) is 60.8 Å². The number of nitrogen functional groups attached to an aromatic ring is 1. The Bertz CT molecular complexity index is 1240. The number of alkyl halides is 3. The molecule has 0 radical (unpaired) electrons. The maximum absolute atomic E-state index is 12.9. The first-order valence-corrected chi connectivity index (χ1v) is 11.3. The van der Waals surface area contributed by atoms with Crippen molar-refractivity contribution in [2.75, 3.05) is 49.2 Å². The zero-order valence-electron chi connectivity index (χ0n) is 19.5. The Balaban J connectivity index is 1.48. The molecule has 3 aromatic rings. The molecule has 12 heteroatoms. The number of rotatable bonds is 7. The molecule has 0 saturated carbocycles. The first-order valence-electron chi connectivity index (χ1n) is 11.3. The number of amides is 2. The predicted octanol–water partition coefficient (Wildman–Crippen LogP) is 3.75. The molecule has 1 aliphatic rings. The number of aromatic nitrogens is 1. The van der Waals surface area contributed by atoms with E-state index < -0.39 is 23.9 Å². The number of anilines is 3. The molecule has 1 saturated heterocycles. The largest absolute Gasteiger partial charge is 0.573 e. The first kappa shape index (κ1) is 25.9. The summed E-state index contributed by atoms with van der Waals surface area (Å²) in [5.41, 5.74) is 7.52. The third-order valence-electron chi connectivity index (χ3n) is 5.47. The highest BCUT2D eigenvalue weighted by molar-refractivity contribution is 6.06. The minimum Gasteiger partial charge on any atom is -0.404 e. The lowest BCUT2D eigenvalue weighted by Crippen LogP contribution is -2.41.